The number of Topliss-reactive ketones (excluding diaryl/α,β-unsaturated/α-hetero) is 1. The van der Waals surface area contributed by atoms with Crippen molar-refractivity contribution in [1.82, 2.24) is 0 Å². The van der Waals surface area contributed by atoms with Crippen LogP contribution in [0.15, 0.2) is 24.3 Å². The van der Waals surface area contributed by atoms with Crippen LogP contribution in [0.2, 0.25) is 0 Å². The highest BCUT2D eigenvalue weighted by Gasteiger charge is 2.18. The number of allylic oxidation sites excluding steroid dienone is 1. The third-order valence-corrected chi connectivity index (χ3v) is 3.09. The van der Waals surface area contributed by atoms with Crippen LogP contribution in [0.4, 0.5) is 5.69 Å². The van der Waals surface area contributed by atoms with Crippen molar-refractivity contribution in [1.29, 1.82) is 0 Å². The molecule has 0 radical (unpaired) electrons. The van der Waals surface area contributed by atoms with Gasteiger partial charge in [0.25, 0.3) is 5.69 Å². The maximum absolute atomic E-state index is 11.5. The molecule has 0 heterocycles. The van der Waals surface area contributed by atoms with Gasteiger partial charge >= 0.3 is 5.97 Å². The maximum Gasteiger partial charge on any atom is 0.329 e. The largest absolute Gasteiger partial charge is 0.478 e. The zero-order valence-electron chi connectivity index (χ0n) is 11.3. The van der Waals surface area contributed by atoms with Gasteiger partial charge in [-0.25, -0.2) is 4.79 Å². The zero-order chi connectivity index (χ0) is 16.0. The van der Waals surface area contributed by atoms with Crippen LogP contribution in [0.3, 0.4) is 0 Å². The fourth-order valence-corrected chi connectivity index (χ4v) is 2.02. The Bertz CT molecular complexity index is 609. The van der Waals surface area contributed by atoms with E-state index in [4.69, 9.17) is 16.7 Å². The number of aliphatic carboxylic acids is 1. The molecule has 0 aliphatic carbocycles. The van der Waals surface area contributed by atoms with Crippen LogP contribution in [0.25, 0.3) is 5.57 Å². The summed E-state index contributed by atoms with van der Waals surface area (Å²) in [6.07, 6.45) is 1.78. The lowest BCUT2D eigenvalue weighted by molar-refractivity contribution is -0.385. The van der Waals surface area contributed by atoms with Gasteiger partial charge in [-0.15, -0.1) is 11.6 Å². The van der Waals surface area contributed by atoms with Gasteiger partial charge in [-0.3, -0.25) is 14.9 Å². The van der Waals surface area contributed by atoms with E-state index in [1.54, 1.807) is 0 Å². The van der Waals surface area contributed by atoms with Crippen LogP contribution < -0.4 is 0 Å². The quantitative estimate of drug-likeness (QED) is 0.361. The summed E-state index contributed by atoms with van der Waals surface area (Å²) in [5.74, 6) is -1.37. The first-order chi connectivity index (χ1) is 9.86. The molecule has 1 N–H and O–H groups in total. The molecule has 21 heavy (non-hydrogen) atoms. The Morgan fingerprint density at radius 2 is 2.10 bits per heavy atom. The van der Waals surface area contributed by atoms with Crippen molar-refractivity contribution in [2.24, 2.45) is 0 Å². The molecule has 0 saturated carbocycles. The van der Waals surface area contributed by atoms with Gasteiger partial charge in [0.05, 0.1) is 4.92 Å². The summed E-state index contributed by atoms with van der Waals surface area (Å²) in [6, 6.07) is 4.26. The third kappa shape index (κ3) is 4.68. The molecule has 0 amide bonds. The molecule has 1 aromatic carbocycles. The standard InChI is InChI=1S/C14H14ClNO5/c1-9(17)12(8-14(18)19)11-5-4-10(3-2-6-15)13(7-11)16(20)21/h4-5,7-8H,2-3,6H2,1H3,(H,18,19). The molecule has 0 fully saturated rings. The molecule has 0 spiro atoms. The van der Waals surface area contributed by atoms with Crippen LogP contribution >= 0.6 is 11.6 Å². The molecule has 7 heteroatoms. The highest BCUT2D eigenvalue weighted by Crippen LogP contribution is 2.26. The van der Waals surface area contributed by atoms with Crippen molar-refractivity contribution in [2.75, 3.05) is 5.88 Å². The summed E-state index contributed by atoms with van der Waals surface area (Å²) in [5, 5.41) is 19.9. The van der Waals surface area contributed by atoms with Crippen molar-refractivity contribution >= 4 is 34.6 Å². The average Bonchev–Trinajstić information content (AvgIpc) is 2.41. The molecule has 0 saturated heterocycles. The van der Waals surface area contributed by atoms with E-state index < -0.39 is 16.7 Å². The number of rotatable bonds is 7. The number of carbonyl (C=O) groups excluding carboxylic acids is 1. The fourth-order valence-electron chi connectivity index (χ4n) is 1.88. The molecular formula is C14H14ClNO5. The topological polar surface area (TPSA) is 97.5 Å². The molecule has 1 aromatic rings. The molecule has 0 bridgehead atoms. The Kier molecular flexibility index (Phi) is 6.05. The highest BCUT2D eigenvalue weighted by atomic mass is 35.5. The SMILES string of the molecule is CC(=O)C(=CC(=O)O)c1ccc(CCCCl)c([N+](=O)[O-])c1. The van der Waals surface area contributed by atoms with Gasteiger partial charge in [0.1, 0.15) is 0 Å². The molecular weight excluding hydrogens is 298 g/mol. The predicted octanol–water partition coefficient (Wildman–Crippen LogP) is 2.82. The van der Waals surface area contributed by atoms with Crippen molar-refractivity contribution < 1.29 is 19.6 Å². The molecule has 1 rings (SSSR count). The number of nitro benzene ring substituents is 1. The smallest absolute Gasteiger partial charge is 0.329 e. The first kappa shape index (κ1) is 16.8. The summed E-state index contributed by atoms with van der Waals surface area (Å²) in [4.78, 5) is 32.8. The number of carboxylic acid groups (broad SMARTS) is 1. The number of nitrogens with zero attached hydrogens (tertiary/aromatic N) is 1. The van der Waals surface area contributed by atoms with E-state index in [-0.39, 0.29) is 16.8 Å². The number of aryl methyl sites for hydroxylation is 1. The predicted molar refractivity (Wildman–Crippen MR) is 78.4 cm³/mol. The van der Waals surface area contributed by atoms with Crippen molar-refractivity contribution in [3.05, 3.63) is 45.5 Å². The van der Waals surface area contributed by atoms with Crippen LogP contribution in [0, 0.1) is 10.1 Å². The normalized spacial score (nSPS) is 11.2. The van der Waals surface area contributed by atoms with Gasteiger partial charge < -0.3 is 5.11 Å². The lowest BCUT2D eigenvalue weighted by Crippen LogP contribution is -2.03. The van der Waals surface area contributed by atoms with Crippen LogP contribution in [-0.4, -0.2) is 27.7 Å². The summed E-state index contributed by atoms with van der Waals surface area (Å²) < 4.78 is 0. The third-order valence-electron chi connectivity index (χ3n) is 2.82. The van der Waals surface area contributed by atoms with Crippen molar-refractivity contribution in [2.45, 2.75) is 19.8 Å². The van der Waals surface area contributed by atoms with E-state index in [0.29, 0.717) is 24.3 Å². The molecule has 0 aromatic heterocycles. The number of ketones is 1. The number of benzene rings is 1. The minimum atomic E-state index is -1.28. The van der Waals surface area contributed by atoms with Crippen LogP contribution in [0.5, 0.6) is 0 Å². The fraction of sp³-hybridized carbons (Fsp3) is 0.286. The second kappa shape index (κ2) is 7.54. The zero-order valence-corrected chi connectivity index (χ0v) is 12.1. The molecule has 0 atom stereocenters. The van der Waals surface area contributed by atoms with E-state index in [2.05, 4.69) is 0 Å². The molecule has 112 valence electrons. The Balaban J connectivity index is 3.32. The lowest BCUT2D eigenvalue weighted by Gasteiger charge is -2.07. The molecule has 0 unspecified atom stereocenters. The van der Waals surface area contributed by atoms with E-state index >= 15 is 0 Å². The first-order valence-corrected chi connectivity index (χ1v) is 6.69. The number of halogens is 1. The van der Waals surface area contributed by atoms with E-state index in [1.165, 1.54) is 25.1 Å². The second-order valence-corrected chi connectivity index (χ2v) is 4.72. The number of carboxylic acids is 1. The van der Waals surface area contributed by atoms with Gasteiger partial charge in [0.2, 0.25) is 0 Å². The van der Waals surface area contributed by atoms with E-state index in [9.17, 15) is 19.7 Å². The first-order valence-electron chi connectivity index (χ1n) is 6.16. The summed E-state index contributed by atoms with van der Waals surface area (Å²) >= 11 is 5.58. The van der Waals surface area contributed by atoms with E-state index in [0.717, 1.165) is 6.08 Å². The molecule has 0 aliphatic rings. The number of alkyl halides is 1. The summed E-state index contributed by atoms with van der Waals surface area (Å²) in [5.41, 5.74) is 0.499. The lowest BCUT2D eigenvalue weighted by atomic mass is 9.98. The van der Waals surface area contributed by atoms with Gasteiger partial charge in [-0.05, 0) is 25.3 Å². The second-order valence-electron chi connectivity index (χ2n) is 4.35. The Labute approximate surface area is 126 Å². The van der Waals surface area contributed by atoms with E-state index in [1.807, 2.05) is 0 Å². The highest BCUT2D eigenvalue weighted by molar-refractivity contribution is 6.23. The van der Waals surface area contributed by atoms with Gasteiger partial charge in [0.15, 0.2) is 5.78 Å². The van der Waals surface area contributed by atoms with Crippen LogP contribution in [0.1, 0.15) is 24.5 Å². The number of hydrogen-bond donors (Lipinski definition) is 1. The number of nitro groups is 1. The molecule has 0 aliphatic heterocycles. The van der Waals surface area contributed by atoms with Gasteiger partial charge in [-0.2, -0.15) is 0 Å². The minimum Gasteiger partial charge on any atom is -0.478 e. The Morgan fingerprint density at radius 1 is 1.43 bits per heavy atom. The molecule has 6 nitrogen and oxygen atoms in total. The Morgan fingerprint density at radius 3 is 2.57 bits per heavy atom. The summed E-state index contributed by atoms with van der Waals surface area (Å²) in [7, 11) is 0. The van der Waals surface area contributed by atoms with Gasteiger partial charge in [0, 0.05) is 29.2 Å². The minimum absolute atomic E-state index is 0.0745. The Hall–Kier alpha value is -2.21. The number of hydrogen-bond acceptors (Lipinski definition) is 4. The monoisotopic (exact) mass is 311 g/mol. The van der Waals surface area contributed by atoms with Crippen LogP contribution in [-0.2, 0) is 16.0 Å². The number of carbonyl (C=O) groups is 2. The average molecular weight is 312 g/mol. The van der Waals surface area contributed by atoms with Crippen molar-refractivity contribution in [3.63, 3.8) is 0 Å². The maximum atomic E-state index is 11.5. The van der Waals surface area contributed by atoms with Crippen molar-refractivity contribution in [3.8, 4) is 0 Å². The van der Waals surface area contributed by atoms with Gasteiger partial charge in [-0.1, -0.05) is 12.1 Å². The summed E-state index contributed by atoms with van der Waals surface area (Å²) in [6.45, 7) is 1.21.